The molecule has 0 aromatic rings. The fourth-order valence-corrected chi connectivity index (χ4v) is 0.847. The summed E-state index contributed by atoms with van der Waals surface area (Å²) in [6, 6.07) is 0. The average Bonchev–Trinajstić information content (AvgIpc) is 1.81. The summed E-state index contributed by atoms with van der Waals surface area (Å²) in [6.07, 6.45) is 5.20. The summed E-state index contributed by atoms with van der Waals surface area (Å²) < 4.78 is 0. The van der Waals surface area contributed by atoms with E-state index >= 15 is 0 Å². The minimum atomic E-state index is 0.997. The van der Waals surface area contributed by atoms with Crippen molar-refractivity contribution in [2.45, 2.75) is 13.3 Å². The first-order valence-corrected chi connectivity index (χ1v) is 4.24. The predicted octanol–water partition coefficient (Wildman–Crippen LogP) is 1.83. The Kier molecular flexibility index (Phi) is 7.04. The van der Waals surface area contributed by atoms with Crippen molar-refractivity contribution in [2.75, 3.05) is 18.6 Å². The lowest BCUT2D eigenvalue weighted by Crippen LogP contribution is -1.82. The molecular formula is C6H13NS. The zero-order valence-corrected chi connectivity index (χ0v) is 6.37. The summed E-state index contributed by atoms with van der Waals surface area (Å²) in [7, 11) is 0. The number of nitrogens with zero attached hydrogens (tertiary/aromatic N) is 1. The highest BCUT2D eigenvalue weighted by Crippen LogP contribution is 1.94. The highest BCUT2D eigenvalue weighted by molar-refractivity contribution is 7.98. The van der Waals surface area contributed by atoms with Gasteiger partial charge in [0.25, 0.3) is 0 Å². The highest BCUT2D eigenvalue weighted by atomic mass is 32.2. The summed E-state index contributed by atoms with van der Waals surface area (Å²) in [5, 5.41) is 0. The predicted molar refractivity (Wildman–Crippen MR) is 42.0 cm³/mol. The summed E-state index contributed by atoms with van der Waals surface area (Å²) in [6.45, 7) is 2.95. The van der Waals surface area contributed by atoms with Crippen LogP contribution >= 0.6 is 11.8 Å². The van der Waals surface area contributed by atoms with E-state index in [-0.39, 0.29) is 0 Å². The Bertz CT molecular complexity index is 61.5. The van der Waals surface area contributed by atoms with Crippen molar-refractivity contribution in [1.82, 2.24) is 0 Å². The maximum atomic E-state index is 4.07. The molecule has 0 fully saturated rings. The zero-order chi connectivity index (χ0) is 6.24. The van der Waals surface area contributed by atoms with Crippen LogP contribution < -0.4 is 0 Å². The second-order valence-corrected chi connectivity index (χ2v) is 2.50. The third-order valence-electron chi connectivity index (χ3n) is 0.818. The van der Waals surface area contributed by atoms with E-state index in [0.717, 1.165) is 6.54 Å². The zero-order valence-electron chi connectivity index (χ0n) is 5.55. The van der Waals surface area contributed by atoms with E-state index in [9.17, 15) is 0 Å². The molecule has 0 rings (SSSR count). The Balaban J connectivity index is 2.72. The number of thioether (sulfide) groups is 1. The molecule has 0 atom stereocenters. The van der Waals surface area contributed by atoms with Gasteiger partial charge in [0.1, 0.15) is 0 Å². The molecule has 0 bridgehead atoms. The Morgan fingerprint density at radius 1 is 1.62 bits per heavy atom. The lowest BCUT2D eigenvalue weighted by atomic mass is 10.5. The van der Waals surface area contributed by atoms with Gasteiger partial charge in [0.05, 0.1) is 0 Å². The van der Waals surface area contributed by atoms with Gasteiger partial charge in [-0.3, -0.25) is 4.99 Å². The van der Waals surface area contributed by atoms with Gasteiger partial charge in [-0.25, -0.2) is 0 Å². The van der Waals surface area contributed by atoms with Gasteiger partial charge in [-0.05, 0) is 31.6 Å². The van der Waals surface area contributed by atoms with E-state index in [2.05, 4.69) is 11.2 Å². The third-order valence-corrected chi connectivity index (χ3v) is 1.52. The molecule has 0 saturated heterocycles. The largest absolute Gasteiger partial charge is 0.298 e. The fraction of sp³-hybridized carbons (Fsp3) is 0.833. The van der Waals surface area contributed by atoms with Gasteiger partial charge < -0.3 is 0 Å². The maximum Gasteiger partial charge on any atom is 0.0393 e. The van der Waals surface area contributed by atoms with Crippen LogP contribution in [0.4, 0.5) is 0 Å². The maximum absolute atomic E-state index is 4.07. The van der Waals surface area contributed by atoms with Crippen LogP contribution in [-0.2, 0) is 0 Å². The van der Waals surface area contributed by atoms with Crippen LogP contribution in [0.2, 0.25) is 0 Å². The van der Waals surface area contributed by atoms with Crippen LogP contribution in [0.5, 0.6) is 0 Å². The van der Waals surface area contributed by atoms with Gasteiger partial charge in [0.2, 0.25) is 0 Å². The third kappa shape index (κ3) is 6.02. The van der Waals surface area contributed by atoms with Gasteiger partial charge in [-0.15, -0.1) is 0 Å². The molecule has 0 aliphatic carbocycles. The quantitative estimate of drug-likeness (QED) is 0.419. The Labute approximate surface area is 55.6 Å². The van der Waals surface area contributed by atoms with E-state index in [4.69, 9.17) is 0 Å². The number of hydrogen-bond donors (Lipinski definition) is 0. The summed E-state index contributed by atoms with van der Waals surface area (Å²) >= 11 is 1.88. The van der Waals surface area contributed by atoms with E-state index < -0.39 is 0 Å². The Morgan fingerprint density at radius 3 is 2.88 bits per heavy atom. The first kappa shape index (κ1) is 8.02. The van der Waals surface area contributed by atoms with E-state index in [1.807, 2.05) is 24.9 Å². The van der Waals surface area contributed by atoms with Crippen LogP contribution in [0.1, 0.15) is 13.3 Å². The number of hydrogen-bond acceptors (Lipinski definition) is 2. The van der Waals surface area contributed by atoms with Crippen LogP contribution in [0.15, 0.2) is 4.99 Å². The molecule has 2 heteroatoms. The topological polar surface area (TPSA) is 12.4 Å². The van der Waals surface area contributed by atoms with Gasteiger partial charge >= 0.3 is 0 Å². The fourth-order valence-electron chi connectivity index (χ4n) is 0.429. The number of aliphatic imine (C=N–C) groups is 1. The van der Waals surface area contributed by atoms with Crippen molar-refractivity contribution in [3.8, 4) is 0 Å². The molecule has 0 radical (unpaired) electrons. The molecule has 0 amide bonds. The normalized spacial score (nSPS) is 10.8. The monoisotopic (exact) mass is 131 g/mol. The molecule has 8 heavy (non-hydrogen) atoms. The lowest BCUT2D eigenvalue weighted by Gasteiger charge is -1.89. The molecular weight excluding hydrogens is 118 g/mol. The minimum Gasteiger partial charge on any atom is -0.298 e. The molecule has 0 saturated carbocycles. The SMILES string of the molecule is CC=NCCCSC. The van der Waals surface area contributed by atoms with Crippen molar-refractivity contribution < 1.29 is 0 Å². The molecule has 0 aromatic heterocycles. The summed E-state index contributed by atoms with van der Waals surface area (Å²) in [4.78, 5) is 4.07. The van der Waals surface area contributed by atoms with Gasteiger partial charge in [0.15, 0.2) is 0 Å². The van der Waals surface area contributed by atoms with E-state index in [1.165, 1.54) is 12.2 Å². The molecule has 0 unspecified atom stereocenters. The molecule has 0 aliphatic rings. The number of rotatable bonds is 4. The van der Waals surface area contributed by atoms with Crippen LogP contribution in [0.25, 0.3) is 0 Å². The molecule has 0 aliphatic heterocycles. The van der Waals surface area contributed by atoms with Gasteiger partial charge in [-0.1, -0.05) is 0 Å². The molecule has 48 valence electrons. The average molecular weight is 131 g/mol. The van der Waals surface area contributed by atoms with Crippen molar-refractivity contribution >= 4 is 18.0 Å². The van der Waals surface area contributed by atoms with Crippen molar-refractivity contribution in [3.05, 3.63) is 0 Å². The van der Waals surface area contributed by atoms with Crippen LogP contribution in [0, 0.1) is 0 Å². The Morgan fingerprint density at radius 2 is 2.38 bits per heavy atom. The lowest BCUT2D eigenvalue weighted by molar-refractivity contribution is 0.948. The van der Waals surface area contributed by atoms with Crippen molar-refractivity contribution in [1.29, 1.82) is 0 Å². The van der Waals surface area contributed by atoms with E-state index in [0.29, 0.717) is 0 Å². The molecule has 1 nitrogen and oxygen atoms in total. The minimum absolute atomic E-state index is 0.997. The molecule has 0 spiro atoms. The second-order valence-electron chi connectivity index (χ2n) is 1.51. The van der Waals surface area contributed by atoms with Gasteiger partial charge in [-0.2, -0.15) is 11.8 Å². The van der Waals surface area contributed by atoms with Crippen molar-refractivity contribution in [3.63, 3.8) is 0 Å². The molecule has 0 N–H and O–H groups in total. The highest BCUT2D eigenvalue weighted by Gasteiger charge is 1.79. The smallest absolute Gasteiger partial charge is 0.0393 e. The van der Waals surface area contributed by atoms with Crippen molar-refractivity contribution in [2.24, 2.45) is 4.99 Å². The molecule has 0 aromatic carbocycles. The summed E-state index contributed by atoms with van der Waals surface area (Å²) in [5.41, 5.74) is 0. The standard InChI is InChI=1S/C6H13NS/c1-3-7-5-4-6-8-2/h3H,4-6H2,1-2H3. The van der Waals surface area contributed by atoms with Crippen LogP contribution in [-0.4, -0.2) is 24.8 Å². The molecule has 0 heterocycles. The van der Waals surface area contributed by atoms with E-state index in [1.54, 1.807) is 0 Å². The first-order valence-electron chi connectivity index (χ1n) is 2.85. The summed E-state index contributed by atoms with van der Waals surface area (Å²) in [5.74, 6) is 1.23. The first-order chi connectivity index (χ1) is 3.91. The Hall–Kier alpha value is 0.0200. The van der Waals surface area contributed by atoms with Crippen LogP contribution in [0.3, 0.4) is 0 Å². The second kappa shape index (κ2) is 7.02. The van der Waals surface area contributed by atoms with Gasteiger partial charge in [0, 0.05) is 6.54 Å².